The Hall–Kier alpha value is -3.17. The van der Waals surface area contributed by atoms with Gasteiger partial charge < -0.3 is 14.6 Å². The molecule has 0 unspecified atom stereocenters. The van der Waals surface area contributed by atoms with Crippen LogP contribution in [0.4, 0.5) is 0 Å². The van der Waals surface area contributed by atoms with Gasteiger partial charge in [0.15, 0.2) is 0 Å². The Labute approximate surface area is 207 Å². The second-order valence-electron chi connectivity index (χ2n) is 9.00. The van der Waals surface area contributed by atoms with E-state index >= 15 is 0 Å². The summed E-state index contributed by atoms with van der Waals surface area (Å²) in [6.45, 7) is 4.47. The zero-order valence-corrected chi connectivity index (χ0v) is 21.4. The third kappa shape index (κ3) is 5.11. The lowest BCUT2D eigenvalue weighted by Crippen LogP contribution is -2.44. The van der Waals surface area contributed by atoms with E-state index in [0.29, 0.717) is 42.4 Å². The minimum atomic E-state index is -3.59. The number of carbonyl (C=O) groups is 1. The zero-order valence-electron chi connectivity index (χ0n) is 20.6. The van der Waals surface area contributed by atoms with Crippen LogP contribution in [0.15, 0.2) is 59.8 Å². The van der Waals surface area contributed by atoms with Crippen LogP contribution in [0.1, 0.15) is 41.4 Å². The number of aromatic nitrogens is 2. The van der Waals surface area contributed by atoms with E-state index in [9.17, 15) is 13.2 Å². The lowest BCUT2D eigenvalue weighted by Gasteiger charge is -2.31. The molecule has 1 aromatic heterocycles. The average Bonchev–Trinajstić information content (AvgIpc) is 3.29. The molecule has 1 fully saturated rings. The first-order valence-electron chi connectivity index (χ1n) is 11.7. The van der Waals surface area contributed by atoms with Crippen molar-refractivity contribution in [3.8, 4) is 5.75 Å². The van der Waals surface area contributed by atoms with Gasteiger partial charge in [-0.05, 0) is 56.0 Å². The summed E-state index contributed by atoms with van der Waals surface area (Å²) in [5.41, 5.74) is 2.81. The van der Waals surface area contributed by atoms with Crippen molar-refractivity contribution in [2.75, 3.05) is 20.2 Å². The topological polar surface area (TPSA) is 93.5 Å². The lowest BCUT2D eigenvalue weighted by atomic mass is 9.96. The summed E-state index contributed by atoms with van der Waals surface area (Å²) >= 11 is 0. The van der Waals surface area contributed by atoms with Gasteiger partial charge in [0.1, 0.15) is 17.6 Å². The Morgan fingerprint density at radius 3 is 2.46 bits per heavy atom. The number of methoxy groups -OCH3 is 1. The highest BCUT2D eigenvalue weighted by atomic mass is 32.2. The van der Waals surface area contributed by atoms with Crippen LogP contribution in [0.5, 0.6) is 5.75 Å². The van der Waals surface area contributed by atoms with E-state index in [4.69, 9.17) is 4.74 Å². The van der Waals surface area contributed by atoms with Crippen molar-refractivity contribution in [2.45, 2.75) is 37.6 Å². The number of benzene rings is 2. The van der Waals surface area contributed by atoms with E-state index in [2.05, 4.69) is 10.3 Å². The molecule has 1 atom stereocenters. The summed E-state index contributed by atoms with van der Waals surface area (Å²) in [4.78, 5) is 18.1. The molecule has 0 saturated carbocycles. The summed E-state index contributed by atoms with van der Waals surface area (Å²) in [5, 5.41) is 3.15. The number of rotatable bonds is 7. The van der Waals surface area contributed by atoms with E-state index in [1.165, 1.54) is 4.31 Å². The van der Waals surface area contributed by atoms with Crippen molar-refractivity contribution in [1.82, 2.24) is 19.2 Å². The maximum atomic E-state index is 13.3. The number of imidazole rings is 1. The van der Waals surface area contributed by atoms with Crippen LogP contribution in [0.25, 0.3) is 0 Å². The van der Waals surface area contributed by atoms with Gasteiger partial charge in [-0.25, -0.2) is 13.4 Å². The number of sulfonamides is 1. The van der Waals surface area contributed by atoms with Crippen LogP contribution in [0, 0.1) is 19.8 Å². The number of amides is 1. The first kappa shape index (κ1) is 24.9. The summed E-state index contributed by atoms with van der Waals surface area (Å²) in [6.07, 6.45) is 4.43. The summed E-state index contributed by atoms with van der Waals surface area (Å²) in [5.74, 6) is 0.943. The Morgan fingerprint density at radius 1 is 1.11 bits per heavy atom. The molecular weight excluding hydrogens is 464 g/mol. The van der Waals surface area contributed by atoms with Crippen LogP contribution >= 0.6 is 0 Å². The van der Waals surface area contributed by atoms with Gasteiger partial charge in [-0.1, -0.05) is 24.3 Å². The van der Waals surface area contributed by atoms with Gasteiger partial charge in [0.25, 0.3) is 0 Å². The molecule has 3 aromatic rings. The van der Waals surface area contributed by atoms with Gasteiger partial charge >= 0.3 is 0 Å². The van der Waals surface area contributed by atoms with Crippen molar-refractivity contribution in [3.05, 3.63) is 77.4 Å². The Kier molecular flexibility index (Phi) is 7.28. The molecule has 0 radical (unpaired) electrons. The van der Waals surface area contributed by atoms with Gasteiger partial charge in [0, 0.05) is 44.0 Å². The highest BCUT2D eigenvalue weighted by Crippen LogP contribution is 2.31. The fraction of sp³-hybridized carbons (Fsp3) is 0.385. The second kappa shape index (κ2) is 10.2. The maximum absolute atomic E-state index is 13.3. The molecule has 186 valence electrons. The van der Waals surface area contributed by atoms with Crippen LogP contribution in [-0.2, 0) is 21.9 Å². The first-order chi connectivity index (χ1) is 16.7. The van der Waals surface area contributed by atoms with Crippen molar-refractivity contribution >= 4 is 15.9 Å². The van der Waals surface area contributed by atoms with Gasteiger partial charge in [0.05, 0.1) is 12.0 Å². The van der Waals surface area contributed by atoms with Crippen LogP contribution in [0.2, 0.25) is 0 Å². The molecule has 0 spiro atoms. The number of nitrogens with one attached hydrogen (secondary N) is 1. The van der Waals surface area contributed by atoms with E-state index in [1.807, 2.05) is 62.0 Å². The van der Waals surface area contributed by atoms with E-state index < -0.39 is 16.1 Å². The minimum Gasteiger partial charge on any atom is -0.496 e. The SMILES string of the molecule is COc1ccccc1[C@@H](NC(=O)C1CCN(S(=O)(=O)c2ccc(C)c(C)c2)CC1)c1nccn1C. The third-order valence-corrected chi connectivity index (χ3v) is 8.69. The predicted molar refractivity (Wildman–Crippen MR) is 134 cm³/mol. The molecule has 9 heteroatoms. The third-order valence-electron chi connectivity index (χ3n) is 6.79. The molecular formula is C26H32N4O4S. The minimum absolute atomic E-state index is 0.118. The second-order valence-corrected chi connectivity index (χ2v) is 10.9. The fourth-order valence-corrected chi connectivity index (χ4v) is 6.04. The van der Waals surface area contributed by atoms with Crippen LogP contribution < -0.4 is 10.1 Å². The molecule has 2 aromatic carbocycles. The largest absolute Gasteiger partial charge is 0.496 e. The van der Waals surface area contributed by atoms with Crippen molar-refractivity contribution in [2.24, 2.45) is 13.0 Å². The highest BCUT2D eigenvalue weighted by Gasteiger charge is 2.34. The van der Waals surface area contributed by atoms with Gasteiger partial charge in [-0.3, -0.25) is 4.79 Å². The number of piperidine rings is 1. The smallest absolute Gasteiger partial charge is 0.243 e. The lowest BCUT2D eigenvalue weighted by molar-refractivity contribution is -0.126. The summed E-state index contributed by atoms with van der Waals surface area (Å²) < 4.78 is 35.2. The molecule has 1 saturated heterocycles. The van der Waals surface area contributed by atoms with Crippen LogP contribution in [-0.4, -0.2) is 48.4 Å². The maximum Gasteiger partial charge on any atom is 0.243 e. The van der Waals surface area contributed by atoms with Crippen LogP contribution in [0.3, 0.4) is 0 Å². The Morgan fingerprint density at radius 2 is 1.83 bits per heavy atom. The van der Waals surface area contributed by atoms with E-state index in [0.717, 1.165) is 16.7 Å². The molecule has 4 rings (SSSR count). The number of ether oxygens (including phenoxy) is 1. The molecule has 35 heavy (non-hydrogen) atoms. The Balaban J connectivity index is 1.49. The van der Waals surface area contributed by atoms with Gasteiger partial charge in [-0.15, -0.1) is 0 Å². The highest BCUT2D eigenvalue weighted by molar-refractivity contribution is 7.89. The van der Waals surface area contributed by atoms with E-state index in [1.54, 1.807) is 25.4 Å². The summed E-state index contributed by atoms with van der Waals surface area (Å²) in [6, 6.07) is 12.3. The predicted octanol–water partition coefficient (Wildman–Crippen LogP) is 3.35. The monoisotopic (exact) mass is 496 g/mol. The Bertz CT molecular complexity index is 1310. The zero-order chi connectivity index (χ0) is 25.2. The van der Waals surface area contributed by atoms with Crippen molar-refractivity contribution in [3.63, 3.8) is 0 Å². The molecule has 8 nitrogen and oxygen atoms in total. The number of para-hydroxylation sites is 1. The van der Waals surface area contributed by atoms with Gasteiger partial charge in [0.2, 0.25) is 15.9 Å². The number of carbonyl (C=O) groups excluding carboxylic acids is 1. The number of nitrogens with zero attached hydrogens (tertiary/aromatic N) is 3. The first-order valence-corrected chi connectivity index (χ1v) is 13.1. The summed E-state index contributed by atoms with van der Waals surface area (Å²) in [7, 11) is -0.114. The molecule has 1 aliphatic rings. The molecule has 1 N–H and O–H groups in total. The van der Waals surface area contributed by atoms with Crippen molar-refractivity contribution in [1.29, 1.82) is 0 Å². The molecule has 2 heterocycles. The molecule has 0 bridgehead atoms. The van der Waals surface area contributed by atoms with E-state index in [-0.39, 0.29) is 11.8 Å². The van der Waals surface area contributed by atoms with Crippen molar-refractivity contribution < 1.29 is 17.9 Å². The normalized spacial score (nSPS) is 16.1. The fourth-order valence-electron chi connectivity index (χ4n) is 4.48. The quantitative estimate of drug-likeness (QED) is 0.542. The van der Waals surface area contributed by atoms with Gasteiger partial charge in [-0.2, -0.15) is 4.31 Å². The standard InChI is InChI=1S/C26H32N4O4S/c1-18-9-10-21(17-19(18)2)35(32,33)30-14-11-20(12-15-30)26(31)28-24(25-27-13-16-29(25)3)22-7-5-6-8-23(22)34-4/h5-10,13,16-17,20,24H,11-12,14-15H2,1-4H3,(H,28,31)/t24-/m1/s1. The molecule has 0 aliphatic carbocycles. The number of hydrogen-bond acceptors (Lipinski definition) is 5. The number of aryl methyl sites for hydroxylation is 3. The number of hydrogen-bond donors (Lipinski definition) is 1. The molecule has 1 aliphatic heterocycles. The average molecular weight is 497 g/mol. The molecule has 1 amide bonds.